The molecule has 4 heteroatoms. The van der Waals surface area contributed by atoms with Crippen molar-refractivity contribution in [1.29, 1.82) is 5.26 Å². The van der Waals surface area contributed by atoms with Gasteiger partial charge in [0.25, 0.3) is 0 Å². The van der Waals surface area contributed by atoms with Gasteiger partial charge in [-0.2, -0.15) is 5.26 Å². The summed E-state index contributed by atoms with van der Waals surface area (Å²) in [5.41, 5.74) is 1.29. The van der Waals surface area contributed by atoms with E-state index in [1.54, 1.807) is 18.2 Å². The molecule has 21 heavy (non-hydrogen) atoms. The van der Waals surface area contributed by atoms with Gasteiger partial charge in [-0.15, -0.1) is 0 Å². The smallest absolute Gasteiger partial charge is 0.191 e. The third-order valence-electron chi connectivity index (χ3n) is 3.21. The highest BCUT2D eigenvalue weighted by Crippen LogP contribution is 2.28. The highest BCUT2D eigenvalue weighted by atomic mass is 19.1. The Balaban J connectivity index is 2.50. The van der Waals surface area contributed by atoms with Gasteiger partial charge in [0.05, 0.1) is 18.7 Å². The van der Waals surface area contributed by atoms with Gasteiger partial charge in [-0.1, -0.05) is 35.9 Å². The molecule has 0 bridgehead atoms. The Kier molecular flexibility index (Phi) is 4.34. The van der Waals surface area contributed by atoms with Crippen molar-refractivity contribution in [3.05, 3.63) is 65.0 Å². The van der Waals surface area contributed by atoms with Gasteiger partial charge in [-0.25, -0.2) is 4.39 Å². The van der Waals surface area contributed by atoms with Crippen molar-refractivity contribution < 1.29 is 13.9 Å². The molecule has 1 atom stereocenters. The Morgan fingerprint density at radius 3 is 2.62 bits per heavy atom. The van der Waals surface area contributed by atoms with E-state index in [1.165, 1.54) is 25.3 Å². The Labute approximate surface area is 122 Å². The molecule has 0 fully saturated rings. The molecule has 106 valence electrons. The van der Waals surface area contributed by atoms with E-state index in [0.717, 1.165) is 5.56 Å². The number of aryl methyl sites for hydroxylation is 1. The predicted octanol–water partition coefficient (Wildman–Crippen LogP) is 3.63. The van der Waals surface area contributed by atoms with Crippen molar-refractivity contribution in [2.75, 3.05) is 7.11 Å². The number of nitrogens with zero attached hydrogens (tertiary/aromatic N) is 1. The molecule has 2 aromatic carbocycles. The molecule has 0 aliphatic carbocycles. The van der Waals surface area contributed by atoms with Gasteiger partial charge in [0.15, 0.2) is 5.78 Å². The largest absolute Gasteiger partial charge is 0.496 e. The van der Waals surface area contributed by atoms with E-state index in [4.69, 9.17) is 4.74 Å². The fourth-order valence-corrected chi connectivity index (χ4v) is 2.19. The number of halogens is 1. The molecule has 0 heterocycles. The van der Waals surface area contributed by atoms with Crippen LogP contribution in [0.4, 0.5) is 4.39 Å². The normalized spacial score (nSPS) is 11.5. The molecule has 0 saturated carbocycles. The fraction of sp³-hybridized carbons (Fsp3) is 0.176. The summed E-state index contributed by atoms with van der Waals surface area (Å²) in [4.78, 5) is 12.5. The molecule has 0 aromatic heterocycles. The molecule has 2 aromatic rings. The van der Waals surface area contributed by atoms with E-state index in [2.05, 4.69) is 0 Å². The van der Waals surface area contributed by atoms with Crippen molar-refractivity contribution in [3.8, 4) is 11.8 Å². The number of nitriles is 1. The van der Waals surface area contributed by atoms with Crippen LogP contribution in [0.3, 0.4) is 0 Å². The lowest BCUT2D eigenvalue weighted by Crippen LogP contribution is -2.14. The summed E-state index contributed by atoms with van der Waals surface area (Å²) in [7, 11) is 1.36. The summed E-state index contributed by atoms with van der Waals surface area (Å²) in [6, 6.07) is 13.2. The van der Waals surface area contributed by atoms with Crippen LogP contribution in [0.2, 0.25) is 0 Å². The first kappa shape index (κ1) is 14.7. The number of rotatable bonds is 4. The Morgan fingerprint density at radius 1 is 1.29 bits per heavy atom. The van der Waals surface area contributed by atoms with Crippen molar-refractivity contribution in [3.63, 3.8) is 0 Å². The maximum atomic E-state index is 14.0. The van der Waals surface area contributed by atoms with E-state index in [-0.39, 0.29) is 11.3 Å². The topological polar surface area (TPSA) is 50.1 Å². The summed E-state index contributed by atoms with van der Waals surface area (Å²) in [5, 5.41) is 9.32. The third-order valence-corrected chi connectivity index (χ3v) is 3.21. The van der Waals surface area contributed by atoms with E-state index in [9.17, 15) is 14.4 Å². The molecule has 0 aliphatic rings. The molecule has 0 radical (unpaired) electrons. The number of carbonyl (C=O) groups excluding carboxylic acids is 1. The van der Waals surface area contributed by atoms with Gasteiger partial charge in [-0.3, -0.25) is 4.79 Å². The van der Waals surface area contributed by atoms with Crippen LogP contribution in [0.25, 0.3) is 0 Å². The molecular weight excluding hydrogens is 269 g/mol. The molecule has 3 nitrogen and oxygen atoms in total. The Morgan fingerprint density at radius 2 is 2.00 bits per heavy atom. The quantitative estimate of drug-likeness (QED) is 0.805. The van der Waals surface area contributed by atoms with Crippen LogP contribution in [0.1, 0.15) is 27.4 Å². The van der Waals surface area contributed by atoms with Crippen LogP contribution in [0.15, 0.2) is 42.5 Å². The average molecular weight is 283 g/mol. The second-order valence-electron chi connectivity index (χ2n) is 4.66. The fourth-order valence-electron chi connectivity index (χ4n) is 2.19. The molecule has 0 saturated heterocycles. The van der Waals surface area contributed by atoms with Crippen molar-refractivity contribution in [2.45, 2.75) is 12.8 Å². The van der Waals surface area contributed by atoms with E-state index in [1.807, 2.05) is 19.1 Å². The predicted molar refractivity (Wildman–Crippen MR) is 76.8 cm³/mol. The first-order valence-corrected chi connectivity index (χ1v) is 6.41. The number of carbonyl (C=O) groups is 1. The van der Waals surface area contributed by atoms with Crippen LogP contribution in [0, 0.1) is 24.1 Å². The van der Waals surface area contributed by atoms with Crippen LogP contribution in [0.5, 0.6) is 5.75 Å². The van der Waals surface area contributed by atoms with Gasteiger partial charge in [0.2, 0.25) is 0 Å². The minimum atomic E-state index is -1.06. The van der Waals surface area contributed by atoms with Crippen LogP contribution in [-0.2, 0) is 0 Å². The number of methoxy groups -OCH3 is 1. The zero-order chi connectivity index (χ0) is 15.4. The van der Waals surface area contributed by atoms with E-state index >= 15 is 0 Å². The maximum absolute atomic E-state index is 14.0. The molecule has 0 N–H and O–H groups in total. The van der Waals surface area contributed by atoms with Gasteiger partial charge in [-0.05, 0) is 24.6 Å². The van der Waals surface area contributed by atoms with Gasteiger partial charge in [0, 0.05) is 0 Å². The standard InChI is InChI=1S/C17H14FNO2/c1-11-5-3-6-12(9-11)13(10-19)17(20)16-14(18)7-4-8-15(16)21-2/h3-9,13H,1-2H3. The van der Waals surface area contributed by atoms with E-state index < -0.39 is 17.5 Å². The highest BCUT2D eigenvalue weighted by Gasteiger charge is 2.27. The Bertz CT molecular complexity index is 719. The van der Waals surface area contributed by atoms with Gasteiger partial charge in [0.1, 0.15) is 17.5 Å². The van der Waals surface area contributed by atoms with Crippen molar-refractivity contribution in [2.24, 2.45) is 0 Å². The SMILES string of the molecule is COc1cccc(F)c1C(=O)C(C#N)c1cccc(C)c1. The van der Waals surface area contributed by atoms with Crippen LogP contribution in [-0.4, -0.2) is 12.9 Å². The highest BCUT2D eigenvalue weighted by molar-refractivity contribution is 6.05. The molecule has 0 spiro atoms. The first-order chi connectivity index (χ1) is 10.1. The van der Waals surface area contributed by atoms with Gasteiger partial charge >= 0.3 is 0 Å². The first-order valence-electron chi connectivity index (χ1n) is 6.41. The number of ether oxygens (including phenoxy) is 1. The van der Waals surface area contributed by atoms with Crippen LogP contribution < -0.4 is 4.74 Å². The summed E-state index contributed by atoms with van der Waals surface area (Å²) >= 11 is 0. The maximum Gasteiger partial charge on any atom is 0.191 e. The summed E-state index contributed by atoms with van der Waals surface area (Å²) < 4.78 is 19.0. The van der Waals surface area contributed by atoms with Gasteiger partial charge < -0.3 is 4.74 Å². The number of Topliss-reactive ketones (excluding diaryl/α,β-unsaturated/α-hetero) is 1. The number of benzene rings is 2. The summed E-state index contributed by atoms with van der Waals surface area (Å²) in [6.45, 7) is 1.87. The zero-order valence-electron chi connectivity index (χ0n) is 11.8. The number of hydrogen-bond donors (Lipinski definition) is 0. The molecule has 1 unspecified atom stereocenters. The second-order valence-corrected chi connectivity index (χ2v) is 4.66. The molecule has 2 rings (SSSR count). The van der Waals surface area contributed by atoms with Crippen molar-refractivity contribution in [1.82, 2.24) is 0 Å². The Hall–Kier alpha value is -2.67. The molecule has 0 aliphatic heterocycles. The number of ketones is 1. The lowest BCUT2D eigenvalue weighted by molar-refractivity contribution is 0.0971. The van der Waals surface area contributed by atoms with E-state index in [0.29, 0.717) is 5.56 Å². The second kappa shape index (κ2) is 6.19. The third kappa shape index (κ3) is 2.92. The summed E-state index contributed by atoms with van der Waals surface area (Å²) in [6.07, 6.45) is 0. The van der Waals surface area contributed by atoms with Crippen LogP contribution >= 0.6 is 0 Å². The summed E-state index contributed by atoms with van der Waals surface area (Å²) in [5.74, 6) is -2.21. The average Bonchev–Trinajstić information content (AvgIpc) is 2.47. The monoisotopic (exact) mass is 283 g/mol. The molecular formula is C17H14FNO2. The zero-order valence-corrected chi connectivity index (χ0v) is 11.8. The lowest BCUT2D eigenvalue weighted by atomic mass is 9.90. The van der Waals surface area contributed by atoms with Crippen molar-refractivity contribution >= 4 is 5.78 Å². The minimum absolute atomic E-state index is 0.132. The lowest BCUT2D eigenvalue weighted by Gasteiger charge is -2.13. The minimum Gasteiger partial charge on any atom is -0.496 e. The number of hydrogen-bond acceptors (Lipinski definition) is 3. The molecule has 0 amide bonds.